The van der Waals surface area contributed by atoms with Crippen LogP contribution in [0.15, 0.2) is 59.8 Å². The number of carbonyl (C=O) groups excluding carboxylic acids is 1. The van der Waals surface area contributed by atoms with E-state index in [1.807, 2.05) is 23.1 Å². The van der Waals surface area contributed by atoms with Crippen LogP contribution in [0.5, 0.6) is 0 Å². The molecule has 0 unspecified atom stereocenters. The van der Waals surface area contributed by atoms with Gasteiger partial charge in [0.1, 0.15) is 0 Å². The Morgan fingerprint density at radius 3 is 2.57 bits per heavy atom. The third kappa shape index (κ3) is 4.93. The van der Waals surface area contributed by atoms with Crippen molar-refractivity contribution in [2.75, 3.05) is 18.8 Å². The van der Waals surface area contributed by atoms with E-state index in [2.05, 4.69) is 58.1 Å². The second-order valence-electron chi connectivity index (χ2n) is 7.74. The highest BCUT2D eigenvalue weighted by molar-refractivity contribution is 7.99. The summed E-state index contributed by atoms with van der Waals surface area (Å²) < 4.78 is 2.12. The molecular formula is C24H28N4OS. The number of aromatic nitrogens is 3. The Morgan fingerprint density at radius 1 is 1.00 bits per heavy atom. The Labute approximate surface area is 182 Å². The van der Waals surface area contributed by atoms with E-state index in [4.69, 9.17) is 0 Å². The molecule has 0 N–H and O–H groups in total. The Balaban J connectivity index is 1.47. The molecule has 2 heterocycles. The zero-order valence-corrected chi connectivity index (χ0v) is 18.3. The summed E-state index contributed by atoms with van der Waals surface area (Å²) in [7, 11) is 0. The van der Waals surface area contributed by atoms with Crippen LogP contribution in [-0.2, 0) is 4.79 Å². The van der Waals surface area contributed by atoms with Gasteiger partial charge in [-0.3, -0.25) is 9.36 Å². The third-order valence-corrected chi connectivity index (χ3v) is 6.42. The molecule has 156 valence electrons. The first-order valence-corrected chi connectivity index (χ1v) is 11.7. The van der Waals surface area contributed by atoms with Gasteiger partial charge in [-0.25, -0.2) is 0 Å². The van der Waals surface area contributed by atoms with Gasteiger partial charge in [-0.2, -0.15) is 0 Å². The molecule has 1 saturated heterocycles. The molecular weight excluding hydrogens is 392 g/mol. The molecule has 0 atom stereocenters. The van der Waals surface area contributed by atoms with Crippen molar-refractivity contribution in [3.63, 3.8) is 0 Å². The zero-order chi connectivity index (χ0) is 20.8. The molecule has 1 aromatic heterocycles. The second-order valence-corrected chi connectivity index (χ2v) is 8.80. The number of benzene rings is 2. The van der Waals surface area contributed by atoms with Crippen LogP contribution in [0, 0.1) is 6.92 Å². The maximum atomic E-state index is 12.4. The van der Waals surface area contributed by atoms with Crippen LogP contribution >= 0.6 is 11.8 Å². The summed E-state index contributed by atoms with van der Waals surface area (Å²) in [5, 5.41) is 9.85. The predicted octanol–water partition coefficient (Wildman–Crippen LogP) is 5.13. The van der Waals surface area contributed by atoms with E-state index < -0.39 is 0 Å². The number of aryl methyl sites for hydroxylation is 1. The molecule has 5 nitrogen and oxygen atoms in total. The quantitative estimate of drug-likeness (QED) is 0.393. The maximum absolute atomic E-state index is 12.4. The summed E-state index contributed by atoms with van der Waals surface area (Å²) in [6.45, 7) is 3.94. The average molecular weight is 421 g/mol. The molecule has 4 rings (SSSR count). The van der Waals surface area contributed by atoms with E-state index >= 15 is 0 Å². The minimum absolute atomic E-state index is 0.292. The number of carbonyl (C=O) groups is 1. The third-order valence-electron chi connectivity index (χ3n) is 5.40. The van der Waals surface area contributed by atoms with Crippen molar-refractivity contribution in [2.24, 2.45) is 0 Å². The molecule has 1 fully saturated rings. The topological polar surface area (TPSA) is 51.0 Å². The van der Waals surface area contributed by atoms with Gasteiger partial charge in [-0.15, -0.1) is 10.2 Å². The molecule has 0 spiro atoms. The lowest BCUT2D eigenvalue weighted by molar-refractivity contribution is -0.132. The Hall–Kier alpha value is -2.60. The Kier molecular flexibility index (Phi) is 6.84. The fourth-order valence-electron chi connectivity index (χ4n) is 3.83. The van der Waals surface area contributed by atoms with Gasteiger partial charge in [0.15, 0.2) is 11.0 Å². The van der Waals surface area contributed by atoms with E-state index in [0.717, 1.165) is 60.3 Å². The van der Waals surface area contributed by atoms with Crippen molar-refractivity contribution in [1.29, 1.82) is 0 Å². The molecule has 30 heavy (non-hydrogen) atoms. The maximum Gasteiger partial charge on any atom is 0.222 e. The van der Waals surface area contributed by atoms with Crippen LogP contribution < -0.4 is 0 Å². The van der Waals surface area contributed by atoms with Crippen molar-refractivity contribution >= 4 is 17.7 Å². The van der Waals surface area contributed by atoms with E-state index in [1.165, 1.54) is 12.0 Å². The number of piperidine rings is 1. The van der Waals surface area contributed by atoms with E-state index in [9.17, 15) is 4.79 Å². The highest BCUT2D eigenvalue weighted by Crippen LogP contribution is 2.28. The number of hydrogen-bond donors (Lipinski definition) is 0. The molecule has 2 aromatic carbocycles. The van der Waals surface area contributed by atoms with E-state index in [1.54, 1.807) is 11.8 Å². The molecule has 1 amide bonds. The van der Waals surface area contributed by atoms with Crippen LogP contribution in [0.1, 0.15) is 37.7 Å². The molecule has 0 saturated carbocycles. The molecule has 1 aliphatic heterocycles. The number of nitrogens with zero attached hydrogens (tertiary/aromatic N) is 4. The Bertz CT molecular complexity index is 980. The fourth-order valence-corrected chi connectivity index (χ4v) is 4.72. The first-order chi connectivity index (χ1) is 14.7. The molecule has 0 bridgehead atoms. The highest BCUT2D eigenvalue weighted by Gasteiger charge is 2.18. The van der Waals surface area contributed by atoms with E-state index in [-0.39, 0.29) is 0 Å². The molecule has 0 radical (unpaired) electrons. The Morgan fingerprint density at radius 2 is 1.80 bits per heavy atom. The lowest BCUT2D eigenvalue weighted by Gasteiger charge is -2.26. The van der Waals surface area contributed by atoms with Crippen molar-refractivity contribution in [3.05, 3.63) is 60.2 Å². The zero-order valence-electron chi connectivity index (χ0n) is 17.5. The van der Waals surface area contributed by atoms with Crippen molar-refractivity contribution in [3.8, 4) is 17.1 Å². The van der Waals surface area contributed by atoms with Gasteiger partial charge in [0.2, 0.25) is 5.91 Å². The number of rotatable bonds is 7. The lowest BCUT2D eigenvalue weighted by atomic mass is 10.1. The summed E-state index contributed by atoms with van der Waals surface area (Å²) >= 11 is 1.67. The first kappa shape index (κ1) is 20.7. The summed E-state index contributed by atoms with van der Waals surface area (Å²) in [6, 6.07) is 18.6. The lowest BCUT2D eigenvalue weighted by Crippen LogP contribution is -2.35. The number of hydrogen-bond acceptors (Lipinski definition) is 4. The minimum Gasteiger partial charge on any atom is -0.343 e. The first-order valence-electron chi connectivity index (χ1n) is 10.7. The fraction of sp³-hybridized carbons (Fsp3) is 0.375. The molecule has 6 heteroatoms. The summed E-state index contributed by atoms with van der Waals surface area (Å²) in [6.07, 6.45) is 4.99. The predicted molar refractivity (Wildman–Crippen MR) is 122 cm³/mol. The second kappa shape index (κ2) is 9.94. The van der Waals surface area contributed by atoms with Gasteiger partial charge in [-0.05, 0) is 50.3 Å². The smallest absolute Gasteiger partial charge is 0.222 e. The van der Waals surface area contributed by atoms with Crippen molar-refractivity contribution in [1.82, 2.24) is 19.7 Å². The van der Waals surface area contributed by atoms with Gasteiger partial charge in [-0.1, -0.05) is 54.2 Å². The van der Waals surface area contributed by atoms with Gasteiger partial charge >= 0.3 is 0 Å². The summed E-state index contributed by atoms with van der Waals surface area (Å²) in [4.78, 5) is 14.4. The highest BCUT2D eigenvalue weighted by atomic mass is 32.2. The van der Waals surface area contributed by atoms with Crippen LogP contribution in [0.3, 0.4) is 0 Å². The standard InChI is InChI=1S/C24H28N4OS/c1-19-10-8-13-21(18-19)28-23(20-11-4-2-5-12-20)25-26-24(28)30-17-9-14-22(29)27-15-6-3-7-16-27/h2,4-5,8,10-13,18H,3,6-7,9,14-17H2,1H3. The van der Waals surface area contributed by atoms with E-state index in [0.29, 0.717) is 12.3 Å². The number of amides is 1. The molecule has 3 aromatic rings. The van der Waals surface area contributed by atoms with Crippen LogP contribution in [0.2, 0.25) is 0 Å². The van der Waals surface area contributed by atoms with Crippen LogP contribution in [-0.4, -0.2) is 44.4 Å². The van der Waals surface area contributed by atoms with Gasteiger partial charge in [0.25, 0.3) is 0 Å². The van der Waals surface area contributed by atoms with Crippen molar-refractivity contribution in [2.45, 2.75) is 44.2 Å². The summed E-state index contributed by atoms with van der Waals surface area (Å²) in [5.74, 6) is 1.98. The van der Waals surface area contributed by atoms with Crippen LogP contribution in [0.25, 0.3) is 17.1 Å². The largest absolute Gasteiger partial charge is 0.343 e. The van der Waals surface area contributed by atoms with Gasteiger partial charge in [0.05, 0.1) is 0 Å². The van der Waals surface area contributed by atoms with Gasteiger partial charge < -0.3 is 4.90 Å². The van der Waals surface area contributed by atoms with Gasteiger partial charge in [0, 0.05) is 36.5 Å². The number of thioether (sulfide) groups is 1. The molecule has 1 aliphatic rings. The van der Waals surface area contributed by atoms with Crippen molar-refractivity contribution < 1.29 is 4.79 Å². The minimum atomic E-state index is 0.292. The normalized spacial score (nSPS) is 14.1. The average Bonchev–Trinajstić information content (AvgIpc) is 3.22. The summed E-state index contributed by atoms with van der Waals surface area (Å²) in [5.41, 5.74) is 3.30. The monoisotopic (exact) mass is 420 g/mol. The number of likely N-dealkylation sites (tertiary alicyclic amines) is 1. The molecule has 0 aliphatic carbocycles. The van der Waals surface area contributed by atoms with Crippen LogP contribution in [0.4, 0.5) is 0 Å². The SMILES string of the molecule is Cc1cccc(-n2c(SCCCC(=O)N3CCCCC3)nnc2-c2ccccc2)c1.